The van der Waals surface area contributed by atoms with Crippen molar-refractivity contribution in [2.75, 3.05) is 11.4 Å². The molecule has 0 saturated heterocycles. The van der Waals surface area contributed by atoms with Gasteiger partial charge in [-0.15, -0.1) is 0 Å². The fourth-order valence-electron chi connectivity index (χ4n) is 2.75. The second-order valence-corrected chi connectivity index (χ2v) is 5.21. The van der Waals surface area contributed by atoms with E-state index in [9.17, 15) is 9.50 Å². The highest BCUT2D eigenvalue weighted by molar-refractivity contribution is 5.57. The van der Waals surface area contributed by atoms with E-state index >= 15 is 0 Å². The Morgan fingerprint density at radius 1 is 1.29 bits per heavy atom. The normalized spacial score (nSPS) is 17.2. The van der Waals surface area contributed by atoms with E-state index in [0.717, 1.165) is 23.4 Å². The number of aliphatic hydroxyl groups is 1. The van der Waals surface area contributed by atoms with Crippen LogP contribution < -0.4 is 4.90 Å². The van der Waals surface area contributed by atoms with Crippen LogP contribution in [0.4, 0.5) is 10.1 Å². The minimum absolute atomic E-state index is 0.0674. The van der Waals surface area contributed by atoms with E-state index < -0.39 is 11.9 Å². The summed E-state index contributed by atoms with van der Waals surface area (Å²) < 4.78 is 13.4. The fourth-order valence-corrected chi connectivity index (χ4v) is 2.75. The molecule has 0 aromatic heterocycles. The van der Waals surface area contributed by atoms with Crippen molar-refractivity contribution in [2.24, 2.45) is 0 Å². The Bertz CT molecular complexity index is 708. The topological polar surface area (TPSA) is 47.3 Å². The second-order valence-electron chi connectivity index (χ2n) is 5.21. The van der Waals surface area contributed by atoms with E-state index in [2.05, 4.69) is 4.90 Å². The summed E-state index contributed by atoms with van der Waals surface area (Å²) in [7, 11) is 0. The summed E-state index contributed by atoms with van der Waals surface area (Å²) >= 11 is 0. The molecule has 21 heavy (non-hydrogen) atoms. The maximum atomic E-state index is 13.4. The molecule has 0 aliphatic carbocycles. The van der Waals surface area contributed by atoms with Gasteiger partial charge in [-0.1, -0.05) is 24.3 Å². The summed E-state index contributed by atoms with van der Waals surface area (Å²) in [5, 5.41) is 18.9. The van der Waals surface area contributed by atoms with Crippen molar-refractivity contribution in [1.29, 1.82) is 5.26 Å². The summed E-state index contributed by atoms with van der Waals surface area (Å²) in [5.74, 6) is -0.490. The highest BCUT2D eigenvalue weighted by Gasteiger charge is 2.23. The largest absolute Gasteiger partial charge is 0.388 e. The predicted octanol–water partition coefficient (Wildman–Crippen LogP) is 3.14. The van der Waals surface area contributed by atoms with Gasteiger partial charge < -0.3 is 10.0 Å². The van der Waals surface area contributed by atoms with Crippen molar-refractivity contribution in [2.45, 2.75) is 19.1 Å². The molecule has 0 radical (unpaired) electrons. The molecule has 1 heterocycles. The van der Waals surface area contributed by atoms with Crippen LogP contribution in [0.25, 0.3) is 0 Å². The van der Waals surface area contributed by atoms with Crippen molar-refractivity contribution in [3.63, 3.8) is 0 Å². The average molecular weight is 282 g/mol. The monoisotopic (exact) mass is 282 g/mol. The van der Waals surface area contributed by atoms with Gasteiger partial charge >= 0.3 is 0 Å². The van der Waals surface area contributed by atoms with Gasteiger partial charge in [0.2, 0.25) is 0 Å². The number of aliphatic hydroxyl groups excluding tert-OH is 1. The highest BCUT2D eigenvalue weighted by Crippen LogP contribution is 2.34. The highest BCUT2D eigenvalue weighted by atomic mass is 19.1. The third-order valence-electron chi connectivity index (χ3n) is 3.83. The average Bonchev–Trinajstić information content (AvgIpc) is 2.52. The number of para-hydroxylation sites is 1. The zero-order valence-corrected chi connectivity index (χ0v) is 11.5. The Morgan fingerprint density at radius 3 is 2.90 bits per heavy atom. The number of anilines is 1. The molecule has 1 unspecified atom stereocenters. The van der Waals surface area contributed by atoms with E-state index in [1.807, 2.05) is 30.3 Å². The first-order valence-electron chi connectivity index (χ1n) is 6.89. The molecule has 1 N–H and O–H groups in total. The van der Waals surface area contributed by atoms with E-state index in [1.165, 1.54) is 6.07 Å². The Labute approximate surface area is 122 Å². The number of halogens is 1. The van der Waals surface area contributed by atoms with Crippen molar-refractivity contribution in [1.82, 2.24) is 0 Å². The maximum absolute atomic E-state index is 13.4. The zero-order valence-electron chi connectivity index (χ0n) is 11.5. The first kappa shape index (κ1) is 13.6. The Balaban J connectivity index is 1.90. The third-order valence-corrected chi connectivity index (χ3v) is 3.83. The minimum atomic E-state index is -0.490. The SMILES string of the molecule is N#Cc1cc(CN2CCC(O)c3ccccc32)ccc1F. The van der Waals surface area contributed by atoms with E-state index in [4.69, 9.17) is 5.26 Å². The van der Waals surface area contributed by atoms with E-state index in [0.29, 0.717) is 13.0 Å². The van der Waals surface area contributed by atoms with Crippen LogP contribution in [0.15, 0.2) is 42.5 Å². The molecule has 1 aliphatic heterocycles. The lowest BCUT2D eigenvalue weighted by Crippen LogP contribution is -2.30. The Kier molecular flexibility index (Phi) is 3.59. The van der Waals surface area contributed by atoms with Crippen molar-refractivity contribution in [3.05, 3.63) is 65.0 Å². The Morgan fingerprint density at radius 2 is 2.10 bits per heavy atom. The molecule has 2 aromatic rings. The number of hydrogen-bond donors (Lipinski definition) is 1. The number of nitriles is 1. The molecule has 2 aromatic carbocycles. The number of nitrogens with zero attached hydrogens (tertiary/aromatic N) is 2. The summed E-state index contributed by atoms with van der Waals surface area (Å²) in [4.78, 5) is 2.15. The Hall–Kier alpha value is -2.38. The number of rotatable bonds is 2. The quantitative estimate of drug-likeness (QED) is 0.920. The summed E-state index contributed by atoms with van der Waals surface area (Å²) in [6, 6.07) is 14.2. The van der Waals surface area contributed by atoms with Gasteiger partial charge in [0.05, 0.1) is 11.7 Å². The van der Waals surface area contributed by atoms with Gasteiger partial charge in [0.15, 0.2) is 0 Å². The summed E-state index contributed by atoms with van der Waals surface area (Å²) in [6.45, 7) is 1.33. The molecule has 4 heteroatoms. The van der Waals surface area contributed by atoms with Crippen LogP contribution in [0.1, 0.15) is 29.2 Å². The molecule has 1 aliphatic rings. The van der Waals surface area contributed by atoms with Gasteiger partial charge in [-0.3, -0.25) is 0 Å². The molecule has 0 saturated carbocycles. The molecule has 106 valence electrons. The molecule has 0 bridgehead atoms. The number of fused-ring (bicyclic) bond motifs is 1. The molecular weight excluding hydrogens is 267 g/mol. The molecule has 1 atom stereocenters. The van der Waals surface area contributed by atoms with Crippen LogP contribution in [0.5, 0.6) is 0 Å². The smallest absolute Gasteiger partial charge is 0.140 e. The van der Waals surface area contributed by atoms with Crippen LogP contribution in [0, 0.1) is 17.1 Å². The molecule has 3 rings (SSSR count). The first-order chi connectivity index (χ1) is 10.2. The molecular formula is C17H15FN2O. The van der Waals surface area contributed by atoms with Crippen LogP contribution in [0.2, 0.25) is 0 Å². The predicted molar refractivity (Wildman–Crippen MR) is 78.2 cm³/mol. The number of benzene rings is 2. The van der Waals surface area contributed by atoms with E-state index in [-0.39, 0.29) is 5.56 Å². The second kappa shape index (κ2) is 5.55. The van der Waals surface area contributed by atoms with Crippen molar-refractivity contribution >= 4 is 5.69 Å². The van der Waals surface area contributed by atoms with Gasteiger partial charge in [0, 0.05) is 24.3 Å². The minimum Gasteiger partial charge on any atom is -0.388 e. The lowest BCUT2D eigenvalue weighted by Gasteiger charge is -2.34. The number of hydrogen-bond acceptors (Lipinski definition) is 3. The third kappa shape index (κ3) is 2.61. The van der Waals surface area contributed by atoms with Gasteiger partial charge in [-0.2, -0.15) is 5.26 Å². The molecule has 0 spiro atoms. The zero-order chi connectivity index (χ0) is 14.8. The first-order valence-corrected chi connectivity index (χ1v) is 6.89. The molecule has 0 amide bonds. The summed E-state index contributed by atoms with van der Waals surface area (Å²) in [5.41, 5.74) is 2.88. The molecule has 0 fully saturated rings. The van der Waals surface area contributed by atoms with Gasteiger partial charge in [-0.05, 0) is 30.2 Å². The van der Waals surface area contributed by atoms with Crippen molar-refractivity contribution < 1.29 is 9.50 Å². The standard InChI is InChI=1S/C17H15FN2O/c18-15-6-5-12(9-13(15)10-19)11-20-8-7-17(21)14-3-1-2-4-16(14)20/h1-6,9,17,21H,7-8,11H2. The molecule has 3 nitrogen and oxygen atoms in total. The van der Waals surface area contributed by atoms with E-state index in [1.54, 1.807) is 12.1 Å². The van der Waals surface area contributed by atoms with Gasteiger partial charge in [-0.25, -0.2) is 4.39 Å². The van der Waals surface area contributed by atoms with Crippen LogP contribution in [-0.4, -0.2) is 11.7 Å². The van der Waals surface area contributed by atoms with Crippen molar-refractivity contribution in [3.8, 4) is 6.07 Å². The summed E-state index contributed by atoms with van der Waals surface area (Å²) in [6.07, 6.45) is 0.240. The lowest BCUT2D eigenvalue weighted by molar-refractivity contribution is 0.164. The maximum Gasteiger partial charge on any atom is 0.140 e. The van der Waals surface area contributed by atoms with Crippen LogP contribution in [0.3, 0.4) is 0 Å². The lowest BCUT2D eigenvalue weighted by atomic mass is 9.98. The fraction of sp³-hybridized carbons (Fsp3) is 0.235. The van der Waals surface area contributed by atoms with Gasteiger partial charge in [0.1, 0.15) is 11.9 Å². The van der Waals surface area contributed by atoms with Crippen LogP contribution >= 0.6 is 0 Å². The van der Waals surface area contributed by atoms with Gasteiger partial charge in [0.25, 0.3) is 0 Å². The van der Waals surface area contributed by atoms with Crippen LogP contribution in [-0.2, 0) is 6.54 Å².